The van der Waals surface area contributed by atoms with E-state index in [1.54, 1.807) is 0 Å². The summed E-state index contributed by atoms with van der Waals surface area (Å²) in [6.07, 6.45) is -2.49. The number of halogens is 4. The van der Waals surface area contributed by atoms with Crippen LogP contribution in [0.5, 0.6) is 0 Å². The smallest absolute Gasteiger partial charge is 0.373 e. The van der Waals surface area contributed by atoms with Gasteiger partial charge in [-0.15, -0.1) is 0 Å². The second-order valence-electron chi connectivity index (χ2n) is 5.51. The van der Waals surface area contributed by atoms with Gasteiger partial charge in [-0.05, 0) is 37.3 Å². The van der Waals surface area contributed by atoms with E-state index in [-0.39, 0.29) is 28.2 Å². The minimum absolute atomic E-state index is 0.187. The Labute approximate surface area is 157 Å². The lowest BCUT2D eigenvalue weighted by Crippen LogP contribution is -2.52. The summed E-state index contributed by atoms with van der Waals surface area (Å²) in [4.78, 5) is 15.1. The monoisotopic (exact) mass is 423 g/mol. The number of carbonyl (C=O) groups is 1. The topological polar surface area (TPSA) is 108 Å². The molecule has 2 aromatic rings. The van der Waals surface area contributed by atoms with E-state index in [0.29, 0.717) is 0 Å². The Hall–Kier alpha value is -2.37. The Balaban J connectivity index is 2.24. The molecular weight excluding hydrogens is 411 g/mol. The van der Waals surface area contributed by atoms with E-state index in [9.17, 15) is 31.5 Å². The molecule has 146 valence electrons. The van der Waals surface area contributed by atoms with E-state index in [2.05, 4.69) is 9.71 Å². The summed E-state index contributed by atoms with van der Waals surface area (Å²) in [6, 6.07) is 5.95. The zero-order valence-corrected chi connectivity index (χ0v) is 15.2. The van der Waals surface area contributed by atoms with Crippen LogP contribution in [0.4, 0.5) is 24.5 Å². The minimum Gasteiger partial charge on any atom is -0.373 e. The maximum atomic E-state index is 12.7. The van der Waals surface area contributed by atoms with Crippen molar-refractivity contribution in [1.29, 1.82) is 0 Å². The Morgan fingerprint density at radius 3 is 2.44 bits per heavy atom. The first-order valence-corrected chi connectivity index (χ1v) is 9.03. The lowest BCUT2D eigenvalue weighted by Gasteiger charge is -2.25. The molecule has 27 heavy (non-hydrogen) atoms. The van der Waals surface area contributed by atoms with E-state index < -0.39 is 27.7 Å². The molecule has 0 aliphatic rings. The lowest BCUT2D eigenvalue weighted by molar-refractivity contribution is -0.242. The highest BCUT2D eigenvalue weighted by Gasteiger charge is 2.55. The standard InChI is InChI=1S/C15H13ClF3N3O4S/c1-14(24,15(17,18)19)13(23)21-12-5-4-10(7-11(12)16)27(25,26)22-9-3-2-6-20-8-9/h2-8,22,24H,1H3,(H,21,23). The molecule has 0 radical (unpaired) electrons. The molecule has 0 saturated carbocycles. The summed E-state index contributed by atoms with van der Waals surface area (Å²) in [5.41, 5.74) is -3.76. The Morgan fingerprint density at radius 1 is 1.26 bits per heavy atom. The number of aromatic nitrogens is 1. The van der Waals surface area contributed by atoms with Gasteiger partial charge in [0.2, 0.25) is 5.60 Å². The molecule has 7 nitrogen and oxygen atoms in total. The molecule has 0 saturated heterocycles. The Kier molecular flexibility index (Phi) is 5.68. The number of hydrogen-bond donors (Lipinski definition) is 3. The molecule has 1 heterocycles. The number of benzene rings is 1. The van der Waals surface area contributed by atoms with Gasteiger partial charge in [-0.2, -0.15) is 13.2 Å². The fourth-order valence-electron chi connectivity index (χ4n) is 1.77. The highest BCUT2D eigenvalue weighted by Crippen LogP contribution is 2.32. The summed E-state index contributed by atoms with van der Waals surface area (Å²) in [5, 5.41) is 10.8. The number of anilines is 2. The van der Waals surface area contributed by atoms with Gasteiger partial charge in [0.05, 0.1) is 27.5 Å². The molecule has 0 spiro atoms. The fraction of sp³-hybridized carbons (Fsp3) is 0.200. The predicted octanol–water partition coefficient (Wildman–Crippen LogP) is 2.79. The van der Waals surface area contributed by atoms with Crippen molar-refractivity contribution in [3.63, 3.8) is 0 Å². The van der Waals surface area contributed by atoms with Crippen LogP contribution in [-0.2, 0) is 14.8 Å². The van der Waals surface area contributed by atoms with Gasteiger partial charge in [-0.25, -0.2) is 8.42 Å². The van der Waals surface area contributed by atoms with E-state index in [1.807, 2.05) is 5.32 Å². The van der Waals surface area contributed by atoms with Crippen LogP contribution in [0.2, 0.25) is 5.02 Å². The van der Waals surface area contributed by atoms with Crippen LogP contribution in [0.3, 0.4) is 0 Å². The van der Waals surface area contributed by atoms with Crippen molar-refractivity contribution in [3.05, 3.63) is 47.7 Å². The predicted molar refractivity (Wildman–Crippen MR) is 91.8 cm³/mol. The van der Waals surface area contributed by atoms with E-state index in [1.165, 1.54) is 24.5 Å². The number of sulfonamides is 1. The molecule has 3 N–H and O–H groups in total. The number of nitrogens with zero attached hydrogens (tertiary/aromatic N) is 1. The zero-order chi connectivity index (χ0) is 20.5. The molecule has 0 aliphatic carbocycles. The average molecular weight is 424 g/mol. The second-order valence-corrected chi connectivity index (χ2v) is 7.60. The number of hydrogen-bond acceptors (Lipinski definition) is 5. The van der Waals surface area contributed by atoms with Gasteiger partial charge in [0.15, 0.2) is 0 Å². The third kappa shape index (κ3) is 4.67. The maximum absolute atomic E-state index is 12.7. The first-order valence-electron chi connectivity index (χ1n) is 7.17. The molecule has 0 fully saturated rings. The highest BCUT2D eigenvalue weighted by atomic mass is 35.5. The van der Waals surface area contributed by atoms with E-state index >= 15 is 0 Å². The number of rotatable bonds is 5. The molecule has 2 rings (SSSR count). The largest absolute Gasteiger partial charge is 0.426 e. The number of aliphatic hydroxyl groups is 1. The number of amides is 1. The van der Waals surface area contributed by atoms with Crippen molar-refractivity contribution in [2.45, 2.75) is 23.6 Å². The van der Waals surface area contributed by atoms with Crippen molar-refractivity contribution in [3.8, 4) is 0 Å². The van der Waals surface area contributed by atoms with Gasteiger partial charge in [0.1, 0.15) is 0 Å². The van der Waals surface area contributed by atoms with Crippen molar-refractivity contribution < 1.29 is 31.5 Å². The second kappa shape index (κ2) is 7.33. The van der Waals surface area contributed by atoms with Crippen LogP contribution in [-0.4, -0.2) is 36.2 Å². The van der Waals surface area contributed by atoms with Crippen LogP contribution in [0.15, 0.2) is 47.6 Å². The summed E-state index contributed by atoms with van der Waals surface area (Å²) in [7, 11) is -4.05. The molecule has 0 aliphatic heterocycles. The zero-order valence-electron chi connectivity index (χ0n) is 13.6. The summed E-state index contributed by atoms with van der Waals surface area (Å²) in [5.74, 6) is -1.76. The normalized spacial score (nSPS) is 14.3. The first kappa shape index (κ1) is 20.9. The molecule has 12 heteroatoms. The van der Waals surface area contributed by atoms with Gasteiger partial charge in [-0.3, -0.25) is 14.5 Å². The van der Waals surface area contributed by atoms with Crippen molar-refractivity contribution in [2.24, 2.45) is 0 Å². The SMILES string of the molecule is CC(O)(C(=O)Nc1ccc(S(=O)(=O)Nc2cccnc2)cc1Cl)C(F)(F)F. The van der Waals surface area contributed by atoms with Crippen molar-refractivity contribution in [1.82, 2.24) is 4.98 Å². The molecule has 1 amide bonds. The van der Waals surface area contributed by atoms with Gasteiger partial charge in [0.25, 0.3) is 15.9 Å². The van der Waals surface area contributed by atoms with E-state index in [4.69, 9.17) is 11.6 Å². The van der Waals surface area contributed by atoms with Gasteiger partial charge in [-0.1, -0.05) is 11.6 Å². The minimum atomic E-state index is -5.21. The summed E-state index contributed by atoms with van der Waals surface area (Å²) >= 11 is 5.86. The number of nitrogens with one attached hydrogen (secondary N) is 2. The number of alkyl halides is 3. The summed E-state index contributed by atoms with van der Waals surface area (Å²) < 4.78 is 64.9. The van der Waals surface area contributed by atoms with Gasteiger partial charge in [0, 0.05) is 6.20 Å². The Morgan fingerprint density at radius 2 is 1.93 bits per heavy atom. The molecule has 1 unspecified atom stereocenters. The maximum Gasteiger partial charge on any atom is 0.426 e. The third-order valence-electron chi connectivity index (χ3n) is 3.41. The molecular formula is C15H13ClF3N3O4S. The molecule has 1 atom stereocenters. The van der Waals surface area contributed by atoms with Crippen LogP contribution < -0.4 is 10.0 Å². The van der Waals surface area contributed by atoms with Crippen LogP contribution >= 0.6 is 11.6 Å². The van der Waals surface area contributed by atoms with Crippen molar-refractivity contribution >= 4 is 38.9 Å². The average Bonchev–Trinajstić information content (AvgIpc) is 2.56. The molecule has 1 aromatic carbocycles. The van der Waals surface area contributed by atoms with Crippen molar-refractivity contribution in [2.75, 3.05) is 10.0 Å². The number of pyridine rings is 1. The number of carbonyl (C=O) groups excluding carboxylic acids is 1. The molecule has 0 bridgehead atoms. The van der Waals surface area contributed by atoms with E-state index in [0.717, 1.165) is 18.2 Å². The lowest BCUT2D eigenvalue weighted by atomic mass is 10.1. The van der Waals surface area contributed by atoms with Crippen LogP contribution in [0.25, 0.3) is 0 Å². The van der Waals surface area contributed by atoms with Crippen LogP contribution in [0.1, 0.15) is 6.92 Å². The van der Waals surface area contributed by atoms with Crippen LogP contribution in [0, 0.1) is 0 Å². The van der Waals surface area contributed by atoms with Gasteiger partial charge < -0.3 is 10.4 Å². The fourth-order valence-corrected chi connectivity index (χ4v) is 3.14. The summed E-state index contributed by atoms with van der Waals surface area (Å²) in [6.45, 7) is 0.285. The highest BCUT2D eigenvalue weighted by molar-refractivity contribution is 7.92. The third-order valence-corrected chi connectivity index (χ3v) is 5.10. The quantitative estimate of drug-likeness (QED) is 0.685. The van der Waals surface area contributed by atoms with Gasteiger partial charge >= 0.3 is 6.18 Å². The Bertz CT molecular complexity index is 951. The first-order chi connectivity index (χ1) is 12.3. The molecule has 1 aromatic heterocycles.